The molecule has 4 nitrogen and oxygen atoms in total. The monoisotopic (exact) mass is 464 g/mol. The normalized spacial score (nSPS) is 11.0. The van der Waals surface area contributed by atoms with Gasteiger partial charge in [0, 0.05) is 32.7 Å². The van der Waals surface area contributed by atoms with Gasteiger partial charge in [-0.05, 0) is 66.9 Å². The Morgan fingerprint density at radius 2 is 1.72 bits per heavy atom. The minimum absolute atomic E-state index is 0.00238. The molecule has 4 rings (SSSR count). The maximum Gasteiger partial charge on any atom is 0.338 e. The van der Waals surface area contributed by atoms with Crippen LogP contribution in [0.5, 0.6) is 0 Å². The van der Waals surface area contributed by atoms with Crippen molar-refractivity contribution in [3.63, 3.8) is 0 Å². The number of aryl methyl sites for hydroxylation is 2. The molecule has 0 fully saturated rings. The molecule has 1 heterocycles. The van der Waals surface area contributed by atoms with Crippen LogP contribution in [0.15, 0.2) is 80.8 Å². The van der Waals surface area contributed by atoms with Gasteiger partial charge in [-0.2, -0.15) is 0 Å². The van der Waals surface area contributed by atoms with Crippen molar-refractivity contribution in [2.24, 2.45) is 0 Å². The lowest BCUT2D eigenvalue weighted by Crippen LogP contribution is -2.08. The summed E-state index contributed by atoms with van der Waals surface area (Å²) in [6.07, 6.45) is 0. The summed E-state index contributed by atoms with van der Waals surface area (Å²) in [6, 6.07) is 20.3. The number of halogens is 1. The van der Waals surface area contributed by atoms with Crippen LogP contribution in [0.1, 0.15) is 32.6 Å². The molecule has 0 aliphatic carbocycles. The van der Waals surface area contributed by atoms with E-state index in [1.54, 1.807) is 23.9 Å². The Kier molecular flexibility index (Phi) is 6.68. The van der Waals surface area contributed by atoms with Crippen LogP contribution < -0.4 is 5.63 Å². The summed E-state index contributed by atoms with van der Waals surface area (Å²) < 4.78 is 10.9. The molecule has 1 aromatic heterocycles. The standard InChI is InChI=1S/C26H21ClO4S/c1-16-3-12-23-20(13-24(28)31-25(23)17(16)2)14-30-26(29)19-6-4-18(5-7-19)15-32-22-10-8-21(27)9-11-22/h3-13H,14-15H2,1-2H3. The Hall–Kier alpha value is -3.02. The Morgan fingerprint density at radius 3 is 2.44 bits per heavy atom. The first-order chi connectivity index (χ1) is 15.4. The highest BCUT2D eigenvalue weighted by molar-refractivity contribution is 7.98. The van der Waals surface area contributed by atoms with Gasteiger partial charge < -0.3 is 9.15 Å². The number of thioether (sulfide) groups is 1. The Bertz CT molecular complexity index is 1330. The van der Waals surface area contributed by atoms with E-state index in [2.05, 4.69) is 0 Å². The fraction of sp³-hybridized carbons (Fsp3) is 0.154. The second-order valence-corrected chi connectivity index (χ2v) is 8.98. The van der Waals surface area contributed by atoms with Gasteiger partial charge in [-0.25, -0.2) is 9.59 Å². The first kappa shape index (κ1) is 22.2. The highest BCUT2D eigenvalue weighted by Gasteiger charge is 2.13. The topological polar surface area (TPSA) is 56.5 Å². The zero-order chi connectivity index (χ0) is 22.7. The third kappa shape index (κ3) is 5.06. The maximum atomic E-state index is 12.5. The predicted octanol–water partition coefficient (Wildman–Crippen LogP) is 6.71. The molecule has 162 valence electrons. The van der Waals surface area contributed by atoms with E-state index in [1.165, 1.54) is 6.07 Å². The maximum absolute atomic E-state index is 12.5. The minimum Gasteiger partial charge on any atom is -0.457 e. The van der Waals surface area contributed by atoms with Crippen LogP contribution in [0.2, 0.25) is 5.02 Å². The smallest absolute Gasteiger partial charge is 0.338 e. The zero-order valence-corrected chi connectivity index (χ0v) is 19.3. The molecule has 0 bridgehead atoms. The molecular weight excluding hydrogens is 444 g/mol. The number of rotatable bonds is 6. The summed E-state index contributed by atoms with van der Waals surface area (Å²) in [5.41, 5.74) is 4.20. The van der Waals surface area contributed by atoms with Crippen LogP contribution in [0.4, 0.5) is 0 Å². The zero-order valence-electron chi connectivity index (χ0n) is 17.7. The van der Waals surface area contributed by atoms with Gasteiger partial charge in [0.25, 0.3) is 0 Å². The summed E-state index contributed by atoms with van der Waals surface area (Å²) in [6.45, 7) is 3.86. The van der Waals surface area contributed by atoms with Gasteiger partial charge in [0.1, 0.15) is 12.2 Å². The van der Waals surface area contributed by atoms with Crippen molar-refractivity contribution in [3.8, 4) is 0 Å². The van der Waals surface area contributed by atoms with Crippen LogP contribution in [-0.2, 0) is 17.1 Å². The first-order valence-corrected chi connectivity index (χ1v) is 11.4. The van der Waals surface area contributed by atoms with Gasteiger partial charge in [-0.1, -0.05) is 35.9 Å². The van der Waals surface area contributed by atoms with Crippen LogP contribution in [0, 0.1) is 13.8 Å². The lowest BCUT2D eigenvalue weighted by molar-refractivity contribution is 0.0474. The van der Waals surface area contributed by atoms with E-state index >= 15 is 0 Å². The number of esters is 1. The molecule has 0 atom stereocenters. The van der Waals surface area contributed by atoms with Crippen molar-refractivity contribution in [1.29, 1.82) is 0 Å². The molecule has 0 aliphatic heterocycles. The Balaban J connectivity index is 1.42. The number of ether oxygens (including phenoxy) is 1. The molecule has 0 saturated heterocycles. The van der Waals surface area contributed by atoms with Gasteiger partial charge in [-0.15, -0.1) is 11.8 Å². The van der Waals surface area contributed by atoms with Crippen molar-refractivity contribution in [3.05, 3.63) is 110 Å². The third-order valence-electron chi connectivity index (χ3n) is 5.28. The summed E-state index contributed by atoms with van der Waals surface area (Å²) in [5.74, 6) is 0.341. The van der Waals surface area contributed by atoms with E-state index in [4.69, 9.17) is 20.8 Å². The molecule has 0 radical (unpaired) electrons. The highest BCUT2D eigenvalue weighted by atomic mass is 35.5. The summed E-state index contributed by atoms with van der Waals surface area (Å²) >= 11 is 7.61. The first-order valence-electron chi connectivity index (χ1n) is 10.1. The molecule has 0 unspecified atom stereocenters. The molecule has 0 saturated carbocycles. The third-order valence-corrected chi connectivity index (χ3v) is 6.62. The Labute approximate surface area is 195 Å². The Morgan fingerprint density at radius 1 is 1.00 bits per heavy atom. The lowest BCUT2D eigenvalue weighted by Gasteiger charge is -2.10. The second kappa shape index (κ2) is 9.63. The van der Waals surface area contributed by atoms with Crippen LogP contribution in [0.25, 0.3) is 11.0 Å². The lowest BCUT2D eigenvalue weighted by atomic mass is 10.0. The molecule has 3 aromatic carbocycles. The summed E-state index contributed by atoms with van der Waals surface area (Å²) in [5, 5.41) is 1.49. The molecule has 32 heavy (non-hydrogen) atoms. The van der Waals surface area contributed by atoms with Crippen molar-refractivity contribution >= 4 is 40.3 Å². The molecule has 0 N–H and O–H groups in total. The molecule has 0 spiro atoms. The SMILES string of the molecule is Cc1ccc2c(COC(=O)c3ccc(CSc4ccc(Cl)cc4)cc3)cc(=O)oc2c1C. The van der Waals surface area contributed by atoms with Gasteiger partial charge in [0.05, 0.1) is 5.56 Å². The summed E-state index contributed by atoms with van der Waals surface area (Å²) in [7, 11) is 0. The highest BCUT2D eigenvalue weighted by Crippen LogP contribution is 2.25. The van der Waals surface area contributed by atoms with E-state index in [0.29, 0.717) is 21.7 Å². The quantitative estimate of drug-likeness (QED) is 0.180. The number of fused-ring (bicyclic) bond motifs is 1. The second-order valence-electron chi connectivity index (χ2n) is 7.49. The van der Waals surface area contributed by atoms with Crippen LogP contribution in [0.3, 0.4) is 0 Å². The van der Waals surface area contributed by atoms with E-state index in [9.17, 15) is 9.59 Å². The van der Waals surface area contributed by atoms with E-state index in [0.717, 1.165) is 32.7 Å². The van der Waals surface area contributed by atoms with Crippen molar-refractivity contribution in [2.75, 3.05) is 0 Å². The molecule has 0 aliphatic rings. The van der Waals surface area contributed by atoms with Gasteiger partial charge in [0.15, 0.2) is 0 Å². The van der Waals surface area contributed by atoms with E-state index in [-0.39, 0.29) is 6.61 Å². The molecular formula is C26H21ClO4S. The fourth-order valence-electron chi connectivity index (χ4n) is 3.31. The number of carbonyl (C=O) groups excluding carboxylic acids is 1. The van der Waals surface area contributed by atoms with Crippen molar-refractivity contribution < 1.29 is 13.9 Å². The van der Waals surface area contributed by atoms with Crippen LogP contribution in [-0.4, -0.2) is 5.97 Å². The van der Waals surface area contributed by atoms with Crippen molar-refractivity contribution in [1.82, 2.24) is 0 Å². The average Bonchev–Trinajstić information content (AvgIpc) is 2.80. The van der Waals surface area contributed by atoms with Gasteiger partial charge >= 0.3 is 11.6 Å². The average molecular weight is 465 g/mol. The van der Waals surface area contributed by atoms with E-state index in [1.807, 2.05) is 62.4 Å². The number of benzene rings is 3. The van der Waals surface area contributed by atoms with E-state index < -0.39 is 11.6 Å². The van der Waals surface area contributed by atoms with Crippen LogP contribution >= 0.6 is 23.4 Å². The van der Waals surface area contributed by atoms with Crippen molar-refractivity contribution in [2.45, 2.75) is 31.1 Å². The molecule has 0 amide bonds. The number of carbonyl (C=O) groups is 1. The number of hydrogen-bond donors (Lipinski definition) is 0. The predicted molar refractivity (Wildman–Crippen MR) is 129 cm³/mol. The van der Waals surface area contributed by atoms with Gasteiger partial charge in [-0.3, -0.25) is 0 Å². The fourth-order valence-corrected chi connectivity index (χ4v) is 4.29. The largest absolute Gasteiger partial charge is 0.457 e. The van der Waals surface area contributed by atoms with Gasteiger partial charge in [0.2, 0.25) is 0 Å². The molecule has 4 aromatic rings. The minimum atomic E-state index is -0.459. The summed E-state index contributed by atoms with van der Waals surface area (Å²) in [4.78, 5) is 25.7. The number of hydrogen-bond acceptors (Lipinski definition) is 5. The molecule has 6 heteroatoms.